The van der Waals surface area contributed by atoms with Crippen molar-refractivity contribution in [2.75, 3.05) is 5.32 Å². The van der Waals surface area contributed by atoms with Crippen molar-refractivity contribution in [1.29, 1.82) is 0 Å². The lowest BCUT2D eigenvalue weighted by atomic mass is 10.4. The van der Waals surface area contributed by atoms with Crippen LogP contribution in [0.3, 0.4) is 0 Å². The van der Waals surface area contributed by atoms with Gasteiger partial charge in [0.15, 0.2) is 10.8 Å². The molecule has 0 radical (unpaired) electrons. The Balaban J connectivity index is 1.54. The summed E-state index contributed by atoms with van der Waals surface area (Å²) in [6.07, 6.45) is 2.34. The van der Waals surface area contributed by atoms with Crippen LogP contribution in [-0.4, -0.2) is 21.1 Å². The molecular formula is C15H14N4O2S2. The van der Waals surface area contributed by atoms with Gasteiger partial charge in [-0.25, -0.2) is 4.98 Å². The summed E-state index contributed by atoms with van der Waals surface area (Å²) in [6.45, 7) is 3.70. The molecule has 1 fully saturated rings. The maximum Gasteiger partial charge on any atom is 0.269 e. The van der Waals surface area contributed by atoms with Gasteiger partial charge in [0.05, 0.1) is 5.69 Å². The molecule has 0 unspecified atom stereocenters. The van der Waals surface area contributed by atoms with E-state index in [9.17, 15) is 4.79 Å². The summed E-state index contributed by atoms with van der Waals surface area (Å²) in [6, 6.07) is 3.74. The van der Waals surface area contributed by atoms with Crippen LogP contribution in [0, 0.1) is 13.8 Å². The molecule has 0 atom stereocenters. The summed E-state index contributed by atoms with van der Waals surface area (Å²) in [7, 11) is 0. The number of furan rings is 1. The first kappa shape index (κ1) is 14.5. The lowest BCUT2D eigenvalue weighted by molar-refractivity contribution is 0.102. The standard InChI is InChI=1S/C15H14N4O2S2/c1-7-3-6-10(21-7)14-16-8(2)11(22-14)12(20)17-15-19-18-13(23-15)9-4-5-9/h3,6,9H,4-5H2,1-2H3,(H,17,19,20). The summed E-state index contributed by atoms with van der Waals surface area (Å²) in [4.78, 5) is 17.4. The van der Waals surface area contributed by atoms with Gasteiger partial charge in [0.2, 0.25) is 5.13 Å². The normalized spacial score (nSPS) is 14.2. The van der Waals surface area contributed by atoms with Gasteiger partial charge in [-0.1, -0.05) is 11.3 Å². The Hall–Kier alpha value is -2.06. The number of rotatable bonds is 4. The van der Waals surface area contributed by atoms with Gasteiger partial charge in [-0.2, -0.15) is 0 Å². The van der Waals surface area contributed by atoms with Gasteiger partial charge in [-0.05, 0) is 38.8 Å². The van der Waals surface area contributed by atoms with Gasteiger partial charge in [0.1, 0.15) is 15.6 Å². The Morgan fingerprint density at radius 1 is 1.26 bits per heavy atom. The van der Waals surface area contributed by atoms with Crippen LogP contribution in [0.5, 0.6) is 0 Å². The minimum absolute atomic E-state index is 0.201. The fraction of sp³-hybridized carbons (Fsp3) is 0.333. The maximum atomic E-state index is 12.4. The first-order chi connectivity index (χ1) is 11.1. The minimum Gasteiger partial charge on any atom is -0.459 e. The van der Waals surface area contributed by atoms with Crippen molar-refractivity contribution in [3.63, 3.8) is 0 Å². The highest BCUT2D eigenvalue weighted by molar-refractivity contribution is 7.17. The first-order valence-electron chi connectivity index (χ1n) is 7.29. The molecule has 3 heterocycles. The molecule has 3 aromatic heterocycles. The SMILES string of the molecule is Cc1ccc(-c2nc(C)c(C(=O)Nc3nnc(C4CC4)s3)s2)o1. The second-order valence-electron chi connectivity index (χ2n) is 5.52. The van der Waals surface area contributed by atoms with E-state index in [4.69, 9.17) is 4.42 Å². The fourth-order valence-electron chi connectivity index (χ4n) is 2.20. The number of carbonyl (C=O) groups excluding carboxylic acids is 1. The first-order valence-corrected chi connectivity index (χ1v) is 8.92. The van der Waals surface area contributed by atoms with Crippen molar-refractivity contribution in [2.45, 2.75) is 32.6 Å². The molecule has 23 heavy (non-hydrogen) atoms. The van der Waals surface area contributed by atoms with E-state index in [1.54, 1.807) is 0 Å². The second-order valence-corrected chi connectivity index (χ2v) is 7.53. The van der Waals surface area contributed by atoms with Crippen molar-refractivity contribution in [3.8, 4) is 10.8 Å². The van der Waals surface area contributed by atoms with Crippen molar-refractivity contribution in [3.05, 3.63) is 33.5 Å². The van der Waals surface area contributed by atoms with Crippen LogP contribution in [0.25, 0.3) is 10.8 Å². The lowest BCUT2D eigenvalue weighted by Crippen LogP contribution is -2.11. The molecule has 0 spiro atoms. The largest absolute Gasteiger partial charge is 0.459 e. The van der Waals surface area contributed by atoms with Crippen LogP contribution in [0.15, 0.2) is 16.5 Å². The molecule has 0 bridgehead atoms. The van der Waals surface area contributed by atoms with Crippen molar-refractivity contribution >= 4 is 33.7 Å². The third kappa shape index (κ3) is 2.91. The molecule has 0 aromatic carbocycles. The highest BCUT2D eigenvalue weighted by Crippen LogP contribution is 2.42. The Morgan fingerprint density at radius 2 is 2.09 bits per heavy atom. The minimum atomic E-state index is -0.201. The predicted octanol–water partition coefficient (Wildman–Crippen LogP) is 4.00. The number of aryl methyl sites for hydroxylation is 2. The summed E-state index contributed by atoms with van der Waals surface area (Å²) in [5.74, 6) is 1.84. The van der Waals surface area contributed by atoms with Crippen LogP contribution in [0.4, 0.5) is 5.13 Å². The van der Waals surface area contributed by atoms with Gasteiger partial charge >= 0.3 is 0 Å². The van der Waals surface area contributed by atoms with Gasteiger partial charge in [-0.3, -0.25) is 10.1 Å². The van der Waals surface area contributed by atoms with E-state index in [1.807, 2.05) is 26.0 Å². The van der Waals surface area contributed by atoms with E-state index in [-0.39, 0.29) is 5.91 Å². The molecule has 1 N–H and O–H groups in total. The van der Waals surface area contributed by atoms with E-state index in [1.165, 1.54) is 35.5 Å². The molecule has 6 nitrogen and oxygen atoms in total. The van der Waals surface area contributed by atoms with Gasteiger partial charge < -0.3 is 4.42 Å². The zero-order valence-electron chi connectivity index (χ0n) is 12.6. The van der Waals surface area contributed by atoms with Crippen LogP contribution in [0.2, 0.25) is 0 Å². The number of hydrogen-bond acceptors (Lipinski definition) is 7. The number of amides is 1. The summed E-state index contributed by atoms with van der Waals surface area (Å²) >= 11 is 2.77. The molecule has 3 aromatic rings. The molecule has 1 saturated carbocycles. The monoisotopic (exact) mass is 346 g/mol. The van der Waals surface area contributed by atoms with Crippen LogP contribution in [0.1, 0.15) is 44.9 Å². The molecular weight excluding hydrogens is 332 g/mol. The number of anilines is 1. The van der Waals surface area contributed by atoms with E-state index in [2.05, 4.69) is 20.5 Å². The van der Waals surface area contributed by atoms with Crippen molar-refractivity contribution in [2.24, 2.45) is 0 Å². The Bertz CT molecular complexity index is 876. The van der Waals surface area contributed by atoms with Crippen molar-refractivity contribution in [1.82, 2.24) is 15.2 Å². The third-order valence-electron chi connectivity index (χ3n) is 3.54. The van der Waals surface area contributed by atoms with Gasteiger partial charge in [-0.15, -0.1) is 21.5 Å². The predicted molar refractivity (Wildman–Crippen MR) is 89.1 cm³/mol. The molecule has 1 amide bonds. The average Bonchev–Trinajstić information content (AvgIpc) is 2.92. The Labute approximate surface area is 140 Å². The summed E-state index contributed by atoms with van der Waals surface area (Å²) in [5.41, 5.74) is 0.684. The summed E-state index contributed by atoms with van der Waals surface area (Å²) < 4.78 is 5.57. The van der Waals surface area contributed by atoms with Crippen LogP contribution in [-0.2, 0) is 0 Å². The smallest absolute Gasteiger partial charge is 0.269 e. The number of nitrogens with zero attached hydrogens (tertiary/aromatic N) is 3. The van der Waals surface area contributed by atoms with Gasteiger partial charge in [0, 0.05) is 5.92 Å². The second kappa shape index (κ2) is 5.54. The van der Waals surface area contributed by atoms with Crippen molar-refractivity contribution < 1.29 is 9.21 Å². The Morgan fingerprint density at radius 3 is 2.78 bits per heavy atom. The third-order valence-corrected chi connectivity index (χ3v) is 5.71. The number of thiazole rings is 1. The van der Waals surface area contributed by atoms with E-state index < -0.39 is 0 Å². The van der Waals surface area contributed by atoms with Crippen LogP contribution < -0.4 is 5.32 Å². The van der Waals surface area contributed by atoms with E-state index in [0.717, 1.165) is 10.8 Å². The summed E-state index contributed by atoms with van der Waals surface area (Å²) in [5, 5.41) is 13.2. The molecule has 8 heteroatoms. The number of nitrogens with one attached hydrogen (secondary N) is 1. The average molecular weight is 346 g/mol. The van der Waals surface area contributed by atoms with Gasteiger partial charge in [0.25, 0.3) is 5.91 Å². The number of aromatic nitrogens is 3. The molecule has 118 valence electrons. The van der Waals surface area contributed by atoms with Crippen LogP contribution >= 0.6 is 22.7 Å². The number of hydrogen-bond donors (Lipinski definition) is 1. The molecule has 4 rings (SSSR count). The quantitative estimate of drug-likeness (QED) is 0.772. The number of carbonyl (C=O) groups is 1. The molecule has 1 aliphatic rings. The fourth-order valence-corrected chi connectivity index (χ4v) is 4.03. The maximum absolute atomic E-state index is 12.4. The molecule has 1 aliphatic carbocycles. The topological polar surface area (TPSA) is 80.9 Å². The van der Waals surface area contributed by atoms with E-state index >= 15 is 0 Å². The highest BCUT2D eigenvalue weighted by atomic mass is 32.1. The highest BCUT2D eigenvalue weighted by Gasteiger charge is 2.28. The zero-order valence-corrected chi connectivity index (χ0v) is 14.3. The lowest BCUT2D eigenvalue weighted by Gasteiger charge is -1.97. The Kier molecular flexibility index (Phi) is 3.50. The van der Waals surface area contributed by atoms with E-state index in [0.29, 0.717) is 32.4 Å². The molecule has 0 saturated heterocycles. The zero-order chi connectivity index (χ0) is 16.0. The molecule has 0 aliphatic heterocycles.